The molecule has 0 spiro atoms. The number of likely N-dealkylation sites (N-methyl/N-ethyl adjacent to an activating group) is 1. The highest BCUT2D eigenvalue weighted by Crippen LogP contribution is 2.43. The summed E-state index contributed by atoms with van der Waals surface area (Å²) in [6.07, 6.45) is 2.17. The molecule has 52 heavy (non-hydrogen) atoms. The zero-order chi connectivity index (χ0) is 37.6. The summed E-state index contributed by atoms with van der Waals surface area (Å²) in [7, 11) is 3.82. The van der Waals surface area contributed by atoms with E-state index >= 15 is 0 Å². The van der Waals surface area contributed by atoms with Crippen molar-refractivity contribution in [2.24, 2.45) is 7.05 Å². The molecule has 0 amide bonds. The Hall–Kier alpha value is -4.57. The number of carbonyl (C=O) groups is 2. The number of hydrogen-bond acceptors (Lipinski definition) is 6. The van der Waals surface area contributed by atoms with Gasteiger partial charge in [0.15, 0.2) is 6.29 Å². The van der Waals surface area contributed by atoms with E-state index in [1.807, 2.05) is 93.8 Å². The number of pyridine rings is 1. The van der Waals surface area contributed by atoms with Gasteiger partial charge in [-0.1, -0.05) is 53.0 Å². The highest BCUT2D eigenvalue weighted by atomic mass is 35.5. The second-order valence-electron chi connectivity index (χ2n) is 13.4. The Bertz CT molecular complexity index is 2360. The number of para-hydroxylation sites is 1. The molecule has 0 fully saturated rings. The van der Waals surface area contributed by atoms with Gasteiger partial charge in [-0.05, 0) is 94.5 Å². The monoisotopic (exact) mass is 759 g/mol. The molecule has 12 heteroatoms. The molecule has 3 aromatic heterocycles. The molecule has 0 aliphatic heterocycles. The number of rotatable bonds is 12. The Morgan fingerprint density at radius 1 is 1.00 bits per heavy atom. The molecule has 0 saturated carbocycles. The van der Waals surface area contributed by atoms with Gasteiger partial charge in [0, 0.05) is 59.3 Å². The minimum absolute atomic E-state index is 0.137. The van der Waals surface area contributed by atoms with Crippen molar-refractivity contribution in [2.75, 3.05) is 25.1 Å². The first-order chi connectivity index (χ1) is 24.7. The van der Waals surface area contributed by atoms with Gasteiger partial charge in [-0.3, -0.25) is 9.48 Å². The summed E-state index contributed by atoms with van der Waals surface area (Å²) >= 11 is 20.0. The van der Waals surface area contributed by atoms with Crippen molar-refractivity contribution in [3.8, 4) is 16.9 Å². The molecule has 0 saturated heterocycles. The van der Waals surface area contributed by atoms with Crippen molar-refractivity contribution in [3.05, 3.63) is 103 Å². The van der Waals surface area contributed by atoms with E-state index in [1.54, 1.807) is 0 Å². The molecule has 0 aliphatic carbocycles. The molecule has 1 N–H and O–H groups in total. The van der Waals surface area contributed by atoms with Crippen LogP contribution in [0.25, 0.3) is 32.9 Å². The van der Waals surface area contributed by atoms with Crippen LogP contribution in [0.5, 0.6) is 5.75 Å². The van der Waals surface area contributed by atoms with Crippen LogP contribution >= 0.6 is 34.8 Å². The quantitative estimate of drug-likeness (QED) is 0.0979. The number of hydrogen-bond donors (Lipinski definition) is 1. The summed E-state index contributed by atoms with van der Waals surface area (Å²) in [5.74, 6) is -0.406. The Morgan fingerprint density at radius 2 is 1.71 bits per heavy atom. The lowest BCUT2D eigenvalue weighted by atomic mass is 9.98. The number of benzene rings is 3. The van der Waals surface area contributed by atoms with Gasteiger partial charge in [0.25, 0.3) is 0 Å². The Labute approximate surface area is 317 Å². The molecule has 1 atom stereocenters. The maximum absolute atomic E-state index is 13.2. The smallest absolute Gasteiger partial charge is 0.354 e. The maximum Gasteiger partial charge on any atom is 0.354 e. The van der Waals surface area contributed by atoms with E-state index in [0.717, 1.165) is 67.2 Å². The van der Waals surface area contributed by atoms with Crippen LogP contribution in [0.2, 0.25) is 15.1 Å². The second-order valence-corrected chi connectivity index (χ2v) is 14.6. The lowest BCUT2D eigenvalue weighted by Crippen LogP contribution is -2.27. The average Bonchev–Trinajstić information content (AvgIpc) is 3.55. The number of aryl methyl sites for hydroxylation is 5. The van der Waals surface area contributed by atoms with E-state index in [1.165, 1.54) is 6.07 Å². The summed E-state index contributed by atoms with van der Waals surface area (Å²) in [6, 6.07) is 14.4. The number of carboxylic acids is 1. The van der Waals surface area contributed by atoms with E-state index in [-0.39, 0.29) is 11.7 Å². The Balaban J connectivity index is 1.44. The zero-order valence-electron chi connectivity index (χ0n) is 30.1. The van der Waals surface area contributed by atoms with Crippen LogP contribution < -0.4 is 9.64 Å². The van der Waals surface area contributed by atoms with Gasteiger partial charge in [0.05, 0.1) is 44.8 Å². The fraction of sp³-hybridized carbons (Fsp3) is 0.300. The summed E-state index contributed by atoms with van der Waals surface area (Å²) in [6.45, 7) is 10.8. The number of ether oxygens (including phenoxy) is 1. The van der Waals surface area contributed by atoms with Crippen molar-refractivity contribution < 1.29 is 19.4 Å². The molecule has 9 nitrogen and oxygen atoms in total. The van der Waals surface area contributed by atoms with Crippen molar-refractivity contribution >= 4 is 74.6 Å². The van der Waals surface area contributed by atoms with E-state index in [9.17, 15) is 14.7 Å². The number of carbonyl (C=O) groups excluding carboxylic acids is 1. The first kappa shape index (κ1) is 37.2. The van der Waals surface area contributed by atoms with Gasteiger partial charge < -0.3 is 19.3 Å². The van der Waals surface area contributed by atoms with Crippen molar-refractivity contribution in [3.63, 3.8) is 0 Å². The SMILES string of the molecule is Cc1cc(OCCCc2c(C=O)n([C@H](C)CN(C)c3cccc4c(Cl)cc(C(=O)O)nc34)c3c(-c4c(C)nn(C)c4C)c(Cl)ccc23)cc(C)c1Cl. The number of carboxylic acid groups (broad SMARTS) is 1. The molecular weight excluding hydrogens is 721 g/mol. The van der Waals surface area contributed by atoms with E-state index in [0.29, 0.717) is 58.3 Å². The molecule has 0 radical (unpaired) electrons. The Morgan fingerprint density at radius 3 is 2.35 bits per heavy atom. The van der Waals surface area contributed by atoms with Gasteiger partial charge in [-0.15, -0.1) is 0 Å². The summed E-state index contributed by atoms with van der Waals surface area (Å²) < 4.78 is 10.1. The average molecular weight is 761 g/mol. The van der Waals surface area contributed by atoms with Gasteiger partial charge in [-0.25, -0.2) is 9.78 Å². The molecule has 0 aliphatic rings. The fourth-order valence-corrected chi connectivity index (χ4v) is 7.91. The first-order valence-corrected chi connectivity index (χ1v) is 18.1. The first-order valence-electron chi connectivity index (χ1n) is 17.0. The Kier molecular flexibility index (Phi) is 10.6. The number of aromatic carboxylic acids is 1. The normalized spacial score (nSPS) is 12.1. The van der Waals surface area contributed by atoms with Crippen LogP contribution in [0, 0.1) is 27.7 Å². The van der Waals surface area contributed by atoms with Crippen molar-refractivity contribution in [2.45, 2.75) is 53.5 Å². The predicted octanol–water partition coefficient (Wildman–Crippen LogP) is 10.0. The molecule has 3 aromatic carbocycles. The van der Waals surface area contributed by atoms with Gasteiger partial charge in [0.1, 0.15) is 11.4 Å². The van der Waals surface area contributed by atoms with E-state index < -0.39 is 5.97 Å². The molecule has 0 bridgehead atoms. The molecule has 3 heterocycles. The largest absolute Gasteiger partial charge is 0.494 e. The lowest BCUT2D eigenvalue weighted by Gasteiger charge is -2.27. The maximum atomic E-state index is 13.2. The number of nitrogens with zero attached hydrogens (tertiary/aromatic N) is 5. The number of anilines is 1. The molecule has 6 aromatic rings. The third-order valence-electron chi connectivity index (χ3n) is 9.76. The van der Waals surface area contributed by atoms with Crippen LogP contribution in [0.3, 0.4) is 0 Å². The summed E-state index contributed by atoms with van der Waals surface area (Å²) in [4.78, 5) is 31.6. The van der Waals surface area contributed by atoms with Crippen molar-refractivity contribution in [1.82, 2.24) is 19.3 Å². The molecule has 6 rings (SSSR count). The highest BCUT2D eigenvalue weighted by Gasteiger charge is 2.28. The minimum Gasteiger partial charge on any atom is -0.494 e. The zero-order valence-corrected chi connectivity index (χ0v) is 32.4. The number of aldehydes is 1. The number of halogens is 3. The topological polar surface area (TPSA) is 102 Å². The van der Waals surface area contributed by atoms with Gasteiger partial charge in [-0.2, -0.15) is 5.10 Å². The third kappa shape index (κ3) is 6.73. The van der Waals surface area contributed by atoms with E-state index in [4.69, 9.17) is 44.6 Å². The van der Waals surface area contributed by atoms with Crippen LogP contribution in [0.1, 0.15) is 68.4 Å². The minimum atomic E-state index is -1.16. The lowest BCUT2D eigenvalue weighted by molar-refractivity contribution is 0.0690. The predicted molar refractivity (Wildman–Crippen MR) is 210 cm³/mol. The molecular formula is C40H40Cl3N5O4. The van der Waals surface area contributed by atoms with Gasteiger partial charge >= 0.3 is 5.97 Å². The summed E-state index contributed by atoms with van der Waals surface area (Å²) in [5, 5.41) is 17.6. The number of fused-ring (bicyclic) bond motifs is 2. The standard InChI is InChI=1S/C40H40Cl3N5O4/c1-21-16-26(17-22(2)37(21)43)52-15-9-11-27-28-13-14-30(41)36(35-24(4)45-47(7)25(35)5)39(28)48(34(27)20-49)23(3)19-46(6)33-12-8-10-29-31(42)18-32(40(50)51)44-38(29)33/h8,10,12-14,16-18,20,23H,9,11,15,19H2,1-7H3,(H,50,51)/t23-/m1/s1. The molecule has 0 unspecified atom stereocenters. The van der Waals surface area contributed by atoms with Crippen LogP contribution in [0.4, 0.5) is 5.69 Å². The fourth-order valence-electron chi connectivity index (χ4n) is 7.30. The summed E-state index contributed by atoms with van der Waals surface area (Å²) in [5.41, 5.74) is 8.81. The van der Waals surface area contributed by atoms with Crippen LogP contribution in [0.15, 0.2) is 48.5 Å². The highest BCUT2D eigenvalue weighted by molar-refractivity contribution is 6.36. The number of aromatic nitrogens is 4. The van der Waals surface area contributed by atoms with Crippen LogP contribution in [-0.4, -0.2) is 56.9 Å². The molecule has 270 valence electrons. The van der Waals surface area contributed by atoms with Gasteiger partial charge in [0.2, 0.25) is 0 Å². The third-order valence-corrected chi connectivity index (χ3v) is 11.0. The van der Waals surface area contributed by atoms with Crippen LogP contribution in [-0.2, 0) is 13.5 Å². The second kappa shape index (κ2) is 14.8. The van der Waals surface area contributed by atoms with Crippen molar-refractivity contribution in [1.29, 1.82) is 0 Å². The van der Waals surface area contributed by atoms with E-state index in [2.05, 4.69) is 16.5 Å².